The van der Waals surface area contributed by atoms with Crippen molar-refractivity contribution in [2.45, 2.75) is 13.5 Å². The zero-order valence-electron chi connectivity index (χ0n) is 9.38. The van der Waals surface area contributed by atoms with Crippen LogP contribution in [0.4, 0.5) is 0 Å². The van der Waals surface area contributed by atoms with E-state index in [1.54, 1.807) is 6.33 Å². The topological polar surface area (TPSA) is 44.1 Å². The Balaban J connectivity index is 2.24. The smallest absolute Gasteiger partial charge is 0.310 e. The van der Waals surface area contributed by atoms with E-state index in [9.17, 15) is 4.79 Å². The summed E-state index contributed by atoms with van der Waals surface area (Å²) in [5, 5.41) is 0. The first-order valence-corrected chi connectivity index (χ1v) is 5.20. The van der Waals surface area contributed by atoms with Crippen LogP contribution >= 0.6 is 0 Å². The molecule has 1 aromatic carbocycles. The third kappa shape index (κ3) is 1.91. The van der Waals surface area contributed by atoms with Crippen LogP contribution in [0.2, 0.25) is 0 Å². The number of benzene rings is 1. The Kier molecular flexibility index (Phi) is 2.90. The number of para-hydroxylation sites is 2. The molecule has 0 fully saturated rings. The van der Waals surface area contributed by atoms with Crippen molar-refractivity contribution in [1.29, 1.82) is 0 Å². The minimum Gasteiger partial charge on any atom is -0.469 e. The summed E-state index contributed by atoms with van der Waals surface area (Å²) < 4.78 is 6.67. The molecule has 0 saturated carbocycles. The lowest BCUT2D eigenvalue weighted by atomic mass is 10.2. The molecule has 4 heteroatoms. The summed E-state index contributed by atoms with van der Waals surface area (Å²) >= 11 is 0. The largest absolute Gasteiger partial charge is 0.469 e. The summed E-state index contributed by atoms with van der Waals surface area (Å²) in [7, 11) is 1.41. The molecule has 0 spiro atoms. The molecule has 2 aromatic rings. The number of aromatic nitrogens is 2. The standard InChI is InChI=1S/C12H14N2O2/c1-9(12(15)16-2)7-14-8-13-10-5-3-4-6-11(10)14/h3-6,8-9H,7H2,1-2H3. The van der Waals surface area contributed by atoms with Gasteiger partial charge in [-0.25, -0.2) is 4.98 Å². The van der Waals surface area contributed by atoms with E-state index < -0.39 is 0 Å². The van der Waals surface area contributed by atoms with Gasteiger partial charge in [0.1, 0.15) is 0 Å². The number of nitrogens with zero attached hydrogens (tertiary/aromatic N) is 2. The second-order valence-electron chi connectivity index (χ2n) is 3.81. The van der Waals surface area contributed by atoms with Crippen molar-refractivity contribution in [3.8, 4) is 0 Å². The van der Waals surface area contributed by atoms with Crippen LogP contribution < -0.4 is 0 Å². The first-order valence-electron chi connectivity index (χ1n) is 5.20. The molecule has 1 heterocycles. The molecule has 16 heavy (non-hydrogen) atoms. The van der Waals surface area contributed by atoms with E-state index >= 15 is 0 Å². The number of imidazole rings is 1. The van der Waals surface area contributed by atoms with Crippen LogP contribution in [-0.4, -0.2) is 22.6 Å². The van der Waals surface area contributed by atoms with Crippen LogP contribution in [0.25, 0.3) is 11.0 Å². The zero-order chi connectivity index (χ0) is 11.5. The number of fused-ring (bicyclic) bond motifs is 1. The van der Waals surface area contributed by atoms with Crippen LogP contribution in [0.5, 0.6) is 0 Å². The first-order chi connectivity index (χ1) is 7.72. The second-order valence-corrected chi connectivity index (χ2v) is 3.81. The summed E-state index contributed by atoms with van der Waals surface area (Å²) in [6.07, 6.45) is 1.75. The van der Waals surface area contributed by atoms with Crippen LogP contribution in [0.15, 0.2) is 30.6 Å². The fourth-order valence-electron chi connectivity index (χ4n) is 1.73. The SMILES string of the molecule is COC(=O)C(C)Cn1cnc2ccccc21. The Morgan fingerprint density at radius 3 is 3.00 bits per heavy atom. The number of hydrogen-bond donors (Lipinski definition) is 0. The van der Waals surface area contributed by atoms with Gasteiger partial charge in [0.2, 0.25) is 0 Å². The highest BCUT2D eigenvalue weighted by Crippen LogP contribution is 2.14. The van der Waals surface area contributed by atoms with Crippen LogP contribution in [0, 0.1) is 5.92 Å². The quantitative estimate of drug-likeness (QED) is 0.738. The Labute approximate surface area is 93.9 Å². The van der Waals surface area contributed by atoms with Gasteiger partial charge in [0.15, 0.2) is 0 Å². The average Bonchev–Trinajstić information content (AvgIpc) is 2.72. The molecule has 0 aliphatic carbocycles. The van der Waals surface area contributed by atoms with Crippen LogP contribution in [0.1, 0.15) is 6.92 Å². The number of carbonyl (C=O) groups is 1. The van der Waals surface area contributed by atoms with E-state index in [1.807, 2.05) is 35.8 Å². The van der Waals surface area contributed by atoms with Crippen LogP contribution in [0.3, 0.4) is 0 Å². The average molecular weight is 218 g/mol. The van der Waals surface area contributed by atoms with Gasteiger partial charge < -0.3 is 9.30 Å². The number of methoxy groups -OCH3 is 1. The minimum atomic E-state index is -0.196. The van der Waals surface area contributed by atoms with Gasteiger partial charge in [-0.3, -0.25) is 4.79 Å². The lowest BCUT2D eigenvalue weighted by Crippen LogP contribution is -2.18. The number of ether oxygens (including phenoxy) is 1. The van der Waals surface area contributed by atoms with Gasteiger partial charge in [0.05, 0.1) is 30.4 Å². The maximum Gasteiger partial charge on any atom is 0.310 e. The van der Waals surface area contributed by atoms with Gasteiger partial charge in [0, 0.05) is 6.54 Å². The van der Waals surface area contributed by atoms with Crippen molar-refractivity contribution in [3.63, 3.8) is 0 Å². The highest BCUT2D eigenvalue weighted by molar-refractivity contribution is 5.76. The molecule has 0 saturated heterocycles. The molecule has 1 atom stereocenters. The van der Waals surface area contributed by atoms with Crippen molar-refractivity contribution in [2.75, 3.05) is 7.11 Å². The van der Waals surface area contributed by atoms with E-state index in [0.717, 1.165) is 11.0 Å². The summed E-state index contributed by atoms with van der Waals surface area (Å²) in [6, 6.07) is 7.85. The van der Waals surface area contributed by atoms with E-state index in [4.69, 9.17) is 4.74 Å². The normalized spacial score (nSPS) is 12.6. The van der Waals surface area contributed by atoms with Gasteiger partial charge >= 0.3 is 5.97 Å². The molecule has 4 nitrogen and oxygen atoms in total. The Hall–Kier alpha value is -1.84. The van der Waals surface area contributed by atoms with E-state index in [0.29, 0.717) is 6.54 Å². The van der Waals surface area contributed by atoms with Crippen LogP contribution in [-0.2, 0) is 16.1 Å². The van der Waals surface area contributed by atoms with Crippen molar-refractivity contribution in [2.24, 2.45) is 5.92 Å². The molecule has 0 aliphatic heterocycles. The van der Waals surface area contributed by atoms with Gasteiger partial charge in [-0.15, -0.1) is 0 Å². The van der Waals surface area contributed by atoms with E-state index in [2.05, 4.69) is 4.98 Å². The monoisotopic (exact) mass is 218 g/mol. The van der Waals surface area contributed by atoms with Gasteiger partial charge in [-0.2, -0.15) is 0 Å². The van der Waals surface area contributed by atoms with Crippen molar-refractivity contribution < 1.29 is 9.53 Å². The van der Waals surface area contributed by atoms with Gasteiger partial charge in [0.25, 0.3) is 0 Å². The molecule has 0 N–H and O–H groups in total. The summed E-state index contributed by atoms with van der Waals surface area (Å²) in [5.41, 5.74) is 1.98. The number of hydrogen-bond acceptors (Lipinski definition) is 3. The lowest BCUT2D eigenvalue weighted by molar-refractivity contribution is -0.145. The summed E-state index contributed by atoms with van der Waals surface area (Å²) in [6.45, 7) is 2.44. The van der Waals surface area contributed by atoms with Crippen molar-refractivity contribution >= 4 is 17.0 Å². The Bertz CT molecular complexity index is 504. The summed E-state index contributed by atoms with van der Waals surface area (Å²) in [4.78, 5) is 15.6. The molecule has 1 unspecified atom stereocenters. The molecular formula is C12H14N2O2. The third-order valence-corrected chi connectivity index (χ3v) is 2.60. The Morgan fingerprint density at radius 2 is 2.25 bits per heavy atom. The fourth-order valence-corrected chi connectivity index (χ4v) is 1.73. The molecule has 84 valence electrons. The van der Waals surface area contributed by atoms with Gasteiger partial charge in [-0.05, 0) is 12.1 Å². The molecule has 1 aromatic heterocycles. The van der Waals surface area contributed by atoms with Crippen molar-refractivity contribution in [3.05, 3.63) is 30.6 Å². The highest BCUT2D eigenvalue weighted by Gasteiger charge is 2.14. The number of carbonyl (C=O) groups excluding carboxylic acids is 1. The predicted molar refractivity (Wildman–Crippen MR) is 60.9 cm³/mol. The van der Waals surface area contributed by atoms with Crippen molar-refractivity contribution in [1.82, 2.24) is 9.55 Å². The Morgan fingerprint density at radius 1 is 1.50 bits per heavy atom. The molecule has 2 rings (SSSR count). The van der Waals surface area contributed by atoms with Gasteiger partial charge in [-0.1, -0.05) is 19.1 Å². The number of rotatable bonds is 3. The maximum absolute atomic E-state index is 11.3. The molecule has 0 amide bonds. The van der Waals surface area contributed by atoms with E-state index in [-0.39, 0.29) is 11.9 Å². The molecule has 0 bridgehead atoms. The van der Waals surface area contributed by atoms with E-state index in [1.165, 1.54) is 7.11 Å². The third-order valence-electron chi connectivity index (χ3n) is 2.60. The maximum atomic E-state index is 11.3. The lowest BCUT2D eigenvalue weighted by Gasteiger charge is -2.10. The molecule has 0 aliphatic rings. The molecular weight excluding hydrogens is 204 g/mol. The minimum absolute atomic E-state index is 0.164. The molecule has 0 radical (unpaired) electrons. The predicted octanol–water partition coefficient (Wildman–Crippen LogP) is 1.85. The highest BCUT2D eigenvalue weighted by atomic mass is 16.5. The fraction of sp³-hybridized carbons (Fsp3) is 0.333. The zero-order valence-corrected chi connectivity index (χ0v) is 9.38. The first kappa shape index (κ1) is 10.7. The summed E-state index contributed by atoms with van der Waals surface area (Å²) in [5.74, 6) is -0.361. The number of esters is 1. The second kappa shape index (κ2) is 4.35.